The van der Waals surface area contributed by atoms with Crippen LogP contribution >= 0.6 is 31.0 Å². The van der Waals surface area contributed by atoms with Crippen LogP contribution in [0.5, 0.6) is 11.5 Å². The molecule has 0 aliphatic carbocycles. The van der Waals surface area contributed by atoms with Gasteiger partial charge in [0.2, 0.25) is 11.6 Å². The smallest absolute Gasteiger partial charge is 0.450 e. The molecule has 2 aromatic rings. The van der Waals surface area contributed by atoms with Crippen molar-refractivity contribution in [3.05, 3.63) is 86.9 Å². The normalized spacial score (nSPS) is 16.9. The molecule has 2 unspecified atom stereocenters. The molecular weight excluding hydrogens is 830 g/mol. The Labute approximate surface area is 365 Å². The summed E-state index contributed by atoms with van der Waals surface area (Å²) in [4.78, 5) is 38.3. The van der Waals surface area contributed by atoms with E-state index in [1.54, 1.807) is 58.0 Å². The standard InChI is InChI=1S/C46H61Cl2O11P/c1-8-9-10-11-12-13-14-15-16-17-18-19-20-21-22-23-26-53-60(52,59-33(3)32(2)49)54-27-24-25-36(34-28-37-41(39(47)30-34)55-45(4,5)57-43(37)50)35-29-38-42(40(48)31-35)56-46(6,7)58-44(38)51/h12-13,15-16,25,28-31,33H,8-11,14,17-24,26-27H2,1-7H3/b13-12-,16-15-. The Morgan fingerprint density at radius 1 is 0.700 bits per heavy atom. The first-order valence-electron chi connectivity index (χ1n) is 21.0. The third-order valence-electron chi connectivity index (χ3n) is 9.69. The number of halogens is 2. The van der Waals surface area contributed by atoms with Gasteiger partial charge in [0.1, 0.15) is 17.2 Å². The van der Waals surface area contributed by atoms with Crippen LogP contribution in [0, 0.1) is 0 Å². The van der Waals surface area contributed by atoms with Crippen molar-refractivity contribution in [3.8, 4) is 11.5 Å². The second kappa shape index (κ2) is 23.1. The number of hydrogen-bond donors (Lipinski definition) is 0. The Balaban J connectivity index is 1.41. The van der Waals surface area contributed by atoms with Gasteiger partial charge in [-0.1, -0.05) is 99.0 Å². The van der Waals surface area contributed by atoms with E-state index < -0.39 is 37.4 Å². The summed E-state index contributed by atoms with van der Waals surface area (Å²) < 4.78 is 53.6. The van der Waals surface area contributed by atoms with Crippen molar-refractivity contribution in [3.63, 3.8) is 0 Å². The van der Waals surface area contributed by atoms with Crippen molar-refractivity contribution in [2.45, 2.75) is 150 Å². The summed E-state index contributed by atoms with van der Waals surface area (Å²) >= 11 is 13.4. The SMILES string of the molecule is CCCCC/C=C\C/C=C\CCCCCCCCOP(=O)(OCCC=C(c1cc(Cl)c2c(c1)C(=O)OC(C)(C)O2)c1cc(Cl)c2c(c1)C(=O)OC(C)(C)O2)OC(C)C(C)=O. The zero-order valence-corrected chi connectivity index (χ0v) is 38.5. The molecule has 2 aromatic carbocycles. The van der Waals surface area contributed by atoms with E-state index in [1.807, 2.05) is 0 Å². The van der Waals surface area contributed by atoms with E-state index in [4.69, 9.17) is 55.7 Å². The maximum Gasteiger partial charge on any atom is 0.475 e. The highest BCUT2D eigenvalue weighted by Crippen LogP contribution is 2.51. The summed E-state index contributed by atoms with van der Waals surface area (Å²) in [6, 6.07) is 6.36. The maximum absolute atomic E-state index is 13.8. The fourth-order valence-electron chi connectivity index (χ4n) is 6.50. The number of benzene rings is 2. The number of rotatable bonds is 25. The summed E-state index contributed by atoms with van der Waals surface area (Å²) in [7, 11) is -4.17. The van der Waals surface area contributed by atoms with Crippen molar-refractivity contribution in [2.75, 3.05) is 13.2 Å². The lowest BCUT2D eigenvalue weighted by Gasteiger charge is -2.33. The molecular formula is C46H61Cl2O11P. The van der Waals surface area contributed by atoms with Gasteiger partial charge in [0.15, 0.2) is 17.3 Å². The summed E-state index contributed by atoms with van der Waals surface area (Å²) in [5, 5.41) is 0.299. The minimum Gasteiger partial charge on any atom is -0.450 e. The topological polar surface area (TPSA) is 133 Å². The predicted octanol–water partition coefficient (Wildman–Crippen LogP) is 13.3. The van der Waals surface area contributed by atoms with Crippen LogP contribution in [0.15, 0.2) is 54.6 Å². The molecule has 0 aromatic heterocycles. The van der Waals surface area contributed by atoms with Gasteiger partial charge in [0.05, 0.1) is 23.3 Å². The third kappa shape index (κ3) is 15.2. The Hall–Kier alpha value is -3.44. The third-order valence-corrected chi connectivity index (χ3v) is 11.8. The van der Waals surface area contributed by atoms with Crippen molar-refractivity contribution in [1.29, 1.82) is 0 Å². The minimum atomic E-state index is -4.17. The number of carbonyl (C=O) groups excluding carboxylic acids is 3. The van der Waals surface area contributed by atoms with E-state index in [0.717, 1.165) is 51.4 Å². The summed E-state index contributed by atoms with van der Waals surface area (Å²) in [5.74, 6) is -3.72. The van der Waals surface area contributed by atoms with Gasteiger partial charge in [0.25, 0.3) is 0 Å². The minimum absolute atomic E-state index is 0.0983. The number of Topliss-reactive ketones (excluding diaryl/α,β-unsaturated/α-hetero) is 1. The van der Waals surface area contributed by atoms with Crippen LogP contribution in [0.2, 0.25) is 10.0 Å². The summed E-state index contributed by atoms with van der Waals surface area (Å²) in [6.45, 7) is 11.4. The molecule has 0 spiro atoms. The van der Waals surface area contributed by atoms with Gasteiger partial charge in [0, 0.05) is 27.7 Å². The van der Waals surface area contributed by atoms with Gasteiger partial charge in [-0.25, -0.2) is 14.2 Å². The van der Waals surface area contributed by atoms with Crippen LogP contribution in [0.25, 0.3) is 5.57 Å². The number of esters is 2. The molecule has 0 amide bonds. The Morgan fingerprint density at radius 2 is 1.18 bits per heavy atom. The number of unbranched alkanes of at least 4 members (excludes halogenated alkanes) is 9. The van der Waals surface area contributed by atoms with E-state index in [-0.39, 0.29) is 58.1 Å². The summed E-state index contributed by atoms with van der Waals surface area (Å²) in [5.41, 5.74) is 1.60. The number of fused-ring (bicyclic) bond motifs is 2. The fraction of sp³-hybridized carbons (Fsp3) is 0.543. The molecule has 0 N–H and O–H groups in total. The molecule has 0 radical (unpaired) electrons. The van der Waals surface area contributed by atoms with Crippen LogP contribution in [-0.4, -0.2) is 48.6 Å². The van der Waals surface area contributed by atoms with E-state index in [2.05, 4.69) is 31.2 Å². The average Bonchev–Trinajstić information content (AvgIpc) is 3.16. The number of ether oxygens (including phenoxy) is 4. The number of phosphoric acid groups is 1. The highest BCUT2D eigenvalue weighted by atomic mass is 35.5. The van der Waals surface area contributed by atoms with Crippen LogP contribution in [-0.2, 0) is 32.4 Å². The molecule has 2 atom stereocenters. The molecule has 4 rings (SSSR count). The first-order valence-corrected chi connectivity index (χ1v) is 23.3. The lowest BCUT2D eigenvalue weighted by atomic mass is 9.93. The van der Waals surface area contributed by atoms with E-state index in [9.17, 15) is 18.9 Å². The molecule has 2 aliphatic rings. The molecule has 0 bridgehead atoms. The van der Waals surface area contributed by atoms with Gasteiger partial charge in [-0.3, -0.25) is 18.4 Å². The molecule has 11 nitrogen and oxygen atoms in total. The molecule has 0 saturated carbocycles. The zero-order valence-electron chi connectivity index (χ0n) is 36.1. The van der Waals surface area contributed by atoms with E-state index >= 15 is 0 Å². The van der Waals surface area contributed by atoms with Gasteiger partial charge >= 0.3 is 19.8 Å². The van der Waals surface area contributed by atoms with Gasteiger partial charge in [-0.05, 0) is 99.8 Å². The maximum atomic E-state index is 13.8. The van der Waals surface area contributed by atoms with E-state index in [1.165, 1.54) is 33.1 Å². The Kier molecular flexibility index (Phi) is 19.0. The highest BCUT2D eigenvalue weighted by molar-refractivity contribution is 7.48. The van der Waals surface area contributed by atoms with Gasteiger partial charge < -0.3 is 18.9 Å². The van der Waals surface area contributed by atoms with Crippen LogP contribution in [0.4, 0.5) is 0 Å². The molecule has 330 valence electrons. The lowest BCUT2D eigenvalue weighted by molar-refractivity contribution is -0.128. The lowest BCUT2D eigenvalue weighted by Crippen LogP contribution is -2.39. The largest absolute Gasteiger partial charge is 0.475 e. The second-order valence-electron chi connectivity index (χ2n) is 15.9. The summed E-state index contributed by atoms with van der Waals surface area (Å²) in [6.07, 6.45) is 22.8. The number of phosphoric ester groups is 1. The molecule has 0 fully saturated rings. The molecule has 0 saturated heterocycles. The average molecular weight is 892 g/mol. The van der Waals surface area contributed by atoms with E-state index in [0.29, 0.717) is 23.1 Å². The molecule has 2 aliphatic heterocycles. The molecule has 14 heteroatoms. The monoisotopic (exact) mass is 890 g/mol. The number of cyclic esters (lactones) is 2. The van der Waals surface area contributed by atoms with Crippen LogP contribution < -0.4 is 9.47 Å². The number of ketones is 1. The first-order chi connectivity index (χ1) is 28.4. The van der Waals surface area contributed by atoms with Crippen LogP contribution in [0.3, 0.4) is 0 Å². The van der Waals surface area contributed by atoms with Crippen molar-refractivity contribution in [1.82, 2.24) is 0 Å². The molecule has 60 heavy (non-hydrogen) atoms. The number of carbonyl (C=O) groups is 3. The van der Waals surface area contributed by atoms with Crippen molar-refractivity contribution in [2.24, 2.45) is 0 Å². The van der Waals surface area contributed by atoms with Crippen molar-refractivity contribution < 1.29 is 51.5 Å². The fourth-order valence-corrected chi connectivity index (χ4v) is 8.43. The Bertz CT molecular complexity index is 1860. The van der Waals surface area contributed by atoms with Crippen LogP contribution in [0.1, 0.15) is 164 Å². The van der Waals surface area contributed by atoms with Gasteiger partial charge in [-0.2, -0.15) is 0 Å². The highest BCUT2D eigenvalue weighted by Gasteiger charge is 2.38. The first kappa shape index (κ1) is 49.2. The molecule has 2 heterocycles. The number of allylic oxidation sites excluding steroid dienone is 4. The zero-order chi connectivity index (χ0) is 43.9. The Morgan fingerprint density at radius 3 is 1.70 bits per heavy atom. The number of hydrogen-bond acceptors (Lipinski definition) is 11. The predicted molar refractivity (Wildman–Crippen MR) is 235 cm³/mol. The van der Waals surface area contributed by atoms with Crippen molar-refractivity contribution >= 4 is 54.3 Å². The second-order valence-corrected chi connectivity index (χ2v) is 18.4. The quantitative estimate of drug-likeness (QED) is 0.0408. The van der Waals surface area contributed by atoms with Gasteiger partial charge in [-0.15, -0.1) is 0 Å².